The lowest BCUT2D eigenvalue weighted by molar-refractivity contribution is 0.0953. The van der Waals surface area contributed by atoms with Crippen LogP contribution in [0.15, 0.2) is 6.20 Å². The number of hydrogen-bond acceptors (Lipinski definition) is 2. The number of aromatic amines is 1. The van der Waals surface area contributed by atoms with E-state index in [0.717, 1.165) is 5.69 Å². The Morgan fingerprint density at radius 1 is 1.67 bits per heavy atom. The molecular formula is C10H16ClN3O. The molecule has 5 heteroatoms. The van der Waals surface area contributed by atoms with E-state index >= 15 is 0 Å². The molecule has 1 rings (SSSR count). The maximum atomic E-state index is 11.7. The molecule has 4 nitrogen and oxygen atoms in total. The van der Waals surface area contributed by atoms with Crippen molar-refractivity contribution >= 4 is 17.5 Å². The average Bonchev–Trinajstić information content (AvgIpc) is 2.67. The van der Waals surface area contributed by atoms with Crippen LogP contribution in [0.3, 0.4) is 0 Å². The maximum absolute atomic E-state index is 11.7. The van der Waals surface area contributed by atoms with Crippen LogP contribution >= 0.6 is 11.6 Å². The Morgan fingerprint density at radius 3 is 2.87 bits per heavy atom. The van der Waals surface area contributed by atoms with Gasteiger partial charge in [-0.3, -0.25) is 9.89 Å². The van der Waals surface area contributed by atoms with Crippen LogP contribution < -0.4 is 5.32 Å². The van der Waals surface area contributed by atoms with E-state index in [1.54, 1.807) is 0 Å². The molecule has 84 valence electrons. The van der Waals surface area contributed by atoms with E-state index in [1.165, 1.54) is 6.20 Å². The van der Waals surface area contributed by atoms with Crippen molar-refractivity contribution in [2.24, 2.45) is 0 Å². The van der Waals surface area contributed by atoms with Gasteiger partial charge in [0.25, 0.3) is 5.91 Å². The zero-order chi connectivity index (χ0) is 11.5. The first-order valence-corrected chi connectivity index (χ1v) is 5.44. The van der Waals surface area contributed by atoms with Gasteiger partial charge in [-0.25, -0.2) is 0 Å². The van der Waals surface area contributed by atoms with Crippen LogP contribution in [0.5, 0.6) is 0 Å². The van der Waals surface area contributed by atoms with E-state index in [4.69, 9.17) is 11.6 Å². The highest BCUT2D eigenvalue weighted by atomic mass is 35.5. The number of hydrogen-bond donors (Lipinski definition) is 2. The van der Waals surface area contributed by atoms with Gasteiger partial charge in [0, 0.05) is 17.8 Å². The van der Waals surface area contributed by atoms with Crippen molar-refractivity contribution in [3.8, 4) is 0 Å². The lowest BCUT2D eigenvalue weighted by atomic mass is 9.89. The van der Waals surface area contributed by atoms with Gasteiger partial charge in [-0.05, 0) is 6.92 Å². The maximum Gasteiger partial charge on any atom is 0.254 e. The number of aromatic nitrogens is 2. The van der Waals surface area contributed by atoms with E-state index in [0.29, 0.717) is 18.0 Å². The molecule has 0 saturated carbocycles. The fourth-order valence-corrected chi connectivity index (χ4v) is 1.43. The zero-order valence-electron chi connectivity index (χ0n) is 9.22. The Balaban J connectivity index is 3.01. The molecule has 1 aromatic heterocycles. The van der Waals surface area contributed by atoms with Crippen LogP contribution in [-0.4, -0.2) is 28.5 Å². The van der Waals surface area contributed by atoms with Gasteiger partial charge in [-0.1, -0.05) is 13.8 Å². The number of halogens is 1. The Morgan fingerprint density at radius 2 is 2.33 bits per heavy atom. The monoisotopic (exact) mass is 229 g/mol. The number of nitrogens with one attached hydrogen (secondary N) is 2. The number of H-pyrrole nitrogens is 1. The Labute approximate surface area is 94.4 Å². The smallest absolute Gasteiger partial charge is 0.254 e. The van der Waals surface area contributed by atoms with Gasteiger partial charge in [0.05, 0.1) is 17.5 Å². The van der Waals surface area contributed by atoms with Gasteiger partial charge in [0.15, 0.2) is 0 Å². The molecule has 0 aromatic carbocycles. The molecule has 1 aromatic rings. The molecule has 0 aliphatic carbocycles. The molecule has 2 N–H and O–H groups in total. The molecule has 0 spiro atoms. The number of alkyl halides is 1. The number of carbonyl (C=O) groups is 1. The van der Waals surface area contributed by atoms with Crippen molar-refractivity contribution in [3.63, 3.8) is 0 Å². The summed E-state index contributed by atoms with van der Waals surface area (Å²) < 4.78 is 0. The first-order chi connectivity index (χ1) is 7.03. The topological polar surface area (TPSA) is 57.8 Å². The first-order valence-electron chi connectivity index (χ1n) is 4.91. The molecular weight excluding hydrogens is 214 g/mol. The second-order valence-corrected chi connectivity index (χ2v) is 4.30. The number of nitrogens with zero attached hydrogens (tertiary/aromatic N) is 1. The minimum absolute atomic E-state index is 0.112. The van der Waals surface area contributed by atoms with Gasteiger partial charge in [-0.2, -0.15) is 5.10 Å². The number of amides is 1. The van der Waals surface area contributed by atoms with Crippen molar-refractivity contribution in [3.05, 3.63) is 17.5 Å². The van der Waals surface area contributed by atoms with Gasteiger partial charge in [0.2, 0.25) is 0 Å². The van der Waals surface area contributed by atoms with E-state index in [9.17, 15) is 4.79 Å². The summed E-state index contributed by atoms with van der Waals surface area (Å²) in [6.07, 6.45) is 1.54. The summed E-state index contributed by atoms with van der Waals surface area (Å²) >= 11 is 5.86. The molecule has 0 fully saturated rings. The fourth-order valence-electron chi connectivity index (χ4n) is 1.30. The summed E-state index contributed by atoms with van der Waals surface area (Å²) in [7, 11) is 0. The van der Waals surface area contributed by atoms with E-state index < -0.39 is 0 Å². The largest absolute Gasteiger partial charge is 0.352 e. The van der Waals surface area contributed by atoms with Crippen molar-refractivity contribution in [1.29, 1.82) is 0 Å². The predicted molar refractivity (Wildman–Crippen MR) is 60.3 cm³/mol. The molecule has 0 radical (unpaired) electrons. The third-order valence-corrected chi connectivity index (χ3v) is 2.90. The van der Waals surface area contributed by atoms with Crippen LogP contribution in [0.1, 0.15) is 36.8 Å². The van der Waals surface area contributed by atoms with Crippen molar-refractivity contribution in [2.75, 3.05) is 12.4 Å². The third-order valence-electron chi connectivity index (χ3n) is 2.23. The van der Waals surface area contributed by atoms with Crippen LogP contribution in [0, 0.1) is 0 Å². The average molecular weight is 230 g/mol. The normalized spacial score (nSPS) is 11.5. The molecule has 0 aliphatic heterocycles. The molecule has 0 aliphatic rings. The van der Waals surface area contributed by atoms with E-state index in [1.807, 2.05) is 20.8 Å². The third kappa shape index (κ3) is 2.50. The fraction of sp³-hybridized carbons (Fsp3) is 0.600. The second kappa shape index (κ2) is 4.66. The van der Waals surface area contributed by atoms with Crippen molar-refractivity contribution < 1.29 is 4.79 Å². The molecule has 0 unspecified atom stereocenters. The lowest BCUT2D eigenvalue weighted by Crippen LogP contribution is -2.28. The summed E-state index contributed by atoms with van der Waals surface area (Å²) in [6.45, 7) is 6.42. The Hall–Kier alpha value is -1.03. The minimum Gasteiger partial charge on any atom is -0.352 e. The van der Waals surface area contributed by atoms with Crippen LogP contribution in [0.4, 0.5) is 0 Å². The van der Waals surface area contributed by atoms with Crippen molar-refractivity contribution in [2.45, 2.75) is 26.2 Å². The van der Waals surface area contributed by atoms with Gasteiger partial charge < -0.3 is 5.32 Å². The predicted octanol–water partition coefficient (Wildman–Crippen LogP) is 1.68. The minimum atomic E-state index is -0.279. The summed E-state index contributed by atoms with van der Waals surface area (Å²) in [4.78, 5) is 11.7. The second-order valence-electron chi connectivity index (χ2n) is 4.04. The van der Waals surface area contributed by atoms with Crippen LogP contribution in [0.2, 0.25) is 0 Å². The molecule has 15 heavy (non-hydrogen) atoms. The highest BCUT2D eigenvalue weighted by Gasteiger charge is 2.27. The molecule has 0 saturated heterocycles. The number of rotatable bonds is 4. The SMILES string of the molecule is CCNC(=O)c1cn[nH]c1C(C)(C)CCl. The summed E-state index contributed by atoms with van der Waals surface area (Å²) in [5.41, 5.74) is 1.07. The van der Waals surface area contributed by atoms with Crippen molar-refractivity contribution in [1.82, 2.24) is 15.5 Å². The standard InChI is InChI=1S/C10H16ClN3O/c1-4-12-9(15)7-5-13-14-8(7)10(2,3)6-11/h5H,4,6H2,1-3H3,(H,12,15)(H,13,14). The zero-order valence-corrected chi connectivity index (χ0v) is 9.98. The van der Waals surface area contributed by atoms with Crippen LogP contribution in [-0.2, 0) is 5.41 Å². The summed E-state index contributed by atoms with van der Waals surface area (Å²) in [5, 5.41) is 9.48. The Kier molecular flexibility index (Phi) is 3.74. The van der Waals surface area contributed by atoms with E-state index in [2.05, 4.69) is 15.5 Å². The molecule has 1 heterocycles. The highest BCUT2D eigenvalue weighted by molar-refractivity contribution is 6.18. The van der Waals surface area contributed by atoms with Gasteiger partial charge >= 0.3 is 0 Å². The molecule has 0 bridgehead atoms. The lowest BCUT2D eigenvalue weighted by Gasteiger charge is -2.20. The molecule has 1 amide bonds. The highest BCUT2D eigenvalue weighted by Crippen LogP contribution is 2.25. The van der Waals surface area contributed by atoms with Gasteiger partial charge in [0.1, 0.15) is 0 Å². The quantitative estimate of drug-likeness (QED) is 0.772. The van der Waals surface area contributed by atoms with Crippen LogP contribution in [0.25, 0.3) is 0 Å². The number of carbonyl (C=O) groups excluding carboxylic acids is 1. The molecule has 0 atom stereocenters. The Bertz CT molecular complexity index is 346. The summed E-state index contributed by atoms with van der Waals surface area (Å²) in [6, 6.07) is 0. The first kappa shape index (κ1) is 12.0. The van der Waals surface area contributed by atoms with Gasteiger partial charge in [-0.15, -0.1) is 11.6 Å². The summed E-state index contributed by atoms with van der Waals surface area (Å²) in [5.74, 6) is 0.321. The van der Waals surface area contributed by atoms with E-state index in [-0.39, 0.29) is 11.3 Å².